The van der Waals surface area contributed by atoms with Crippen molar-refractivity contribution in [3.8, 4) is 0 Å². The fourth-order valence-corrected chi connectivity index (χ4v) is 5.17. The maximum absolute atomic E-state index is 12.6. The molecule has 0 aromatic heterocycles. The molecule has 0 heterocycles. The minimum atomic E-state index is -0.225. The number of hydrogen-bond acceptors (Lipinski definition) is 4. The number of rotatable bonds is 4. The maximum atomic E-state index is 12.6. The van der Waals surface area contributed by atoms with Crippen LogP contribution in [0.15, 0.2) is 35.9 Å². The Kier molecular flexibility index (Phi) is 3.70. The molecule has 2 saturated carbocycles. The van der Waals surface area contributed by atoms with Crippen LogP contribution in [-0.4, -0.2) is 24.6 Å². The van der Waals surface area contributed by atoms with Crippen LogP contribution in [0.4, 0.5) is 0 Å². The van der Waals surface area contributed by atoms with E-state index in [2.05, 4.69) is 12.1 Å². The number of hydrogen-bond donors (Lipinski definition) is 0. The first-order chi connectivity index (χ1) is 11.6. The SMILES string of the molecule is CCOC(=O)C1=C(c2ccccc2)[C@@H]2[C@H]3CC[C@H]([C@@H]3OC(C)=O)[C@H]12. The van der Waals surface area contributed by atoms with Gasteiger partial charge < -0.3 is 9.47 Å². The fraction of sp³-hybridized carbons (Fsp3) is 0.500. The number of fused-ring (bicyclic) bond motifs is 5. The second-order valence-corrected chi connectivity index (χ2v) is 6.94. The molecule has 5 atom stereocenters. The molecule has 0 saturated heterocycles. The maximum Gasteiger partial charge on any atom is 0.334 e. The molecule has 4 heteroatoms. The molecule has 2 bridgehead atoms. The van der Waals surface area contributed by atoms with Crippen molar-refractivity contribution in [1.82, 2.24) is 0 Å². The van der Waals surface area contributed by atoms with E-state index in [0.29, 0.717) is 18.4 Å². The zero-order valence-corrected chi connectivity index (χ0v) is 14.0. The van der Waals surface area contributed by atoms with E-state index in [4.69, 9.17) is 9.47 Å². The van der Waals surface area contributed by atoms with Gasteiger partial charge in [0, 0.05) is 30.3 Å². The fourth-order valence-electron chi connectivity index (χ4n) is 5.17. The lowest BCUT2D eigenvalue weighted by molar-refractivity contribution is -0.148. The van der Waals surface area contributed by atoms with Crippen LogP contribution in [0.2, 0.25) is 0 Å². The van der Waals surface area contributed by atoms with Crippen LogP contribution in [0.5, 0.6) is 0 Å². The smallest absolute Gasteiger partial charge is 0.334 e. The monoisotopic (exact) mass is 326 g/mol. The van der Waals surface area contributed by atoms with Crippen LogP contribution < -0.4 is 0 Å². The average molecular weight is 326 g/mol. The molecule has 0 amide bonds. The van der Waals surface area contributed by atoms with E-state index in [-0.39, 0.29) is 29.9 Å². The molecule has 0 unspecified atom stereocenters. The van der Waals surface area contributed by atoms with Gasteiger partial charge in [0.2, 0.25) is 0 Å². The standard InChI is InChI=1S/C20H22O4/c1-3-23-20(22)18-15(12-7-5-4-6-8-12)16-13-9-10-14(17(16)18)19(13)24-11(2)21/h4-8,13-14,16-17,19H,3,9-10H2,1-2H3/t13-,14+,16+,17+,19-/m1/s1. The summed E-state index contributed by atoms with van der Waals surface area (Å²) in [5.41, 5.74) is 3.02. The zero-order valence-electron chi connectivity index (χ0n) is 14.0. The highest BCUT2D eigenvalue weighted by Crippen LogP contribution is 2.66. The average Bonchev–Trinajstić information content (AvgIpc) is 3.00. The zero-order chi connectivity index (χ0) is 16.8. The summed E-state index contributed by atoms with van der Waals surface area (Å²) >= 11 is 0. The van der Waals surface area contributed by atoms with Gasteiger partial charge in [0.1, 0.15) is 6.10 Å². The molecule has 4 nitrogen and oxygen atoms in total. The van der Waals surface area contributed by atoms with Crippen LogP contribution in [0.1, 0.15) is 32.3 Å². The molecule has 3 aliphatic carbocycles. The van der Waals surface area contributed by atoms with Gasteiger partial charge in [0.05, 0.1) is 6.61 Å². The normalized spacial score (nSPS) is 33.0. The number of carbonyl (C=O) groups is 2. The van der Waals surface area contributed by atoms with E-state index in [1.54, 1.807) is 0 Å². The summed E-state index contributed by atoms with van der Waals surface area (Å²) < 4.78 is 11.0. The largest absolute Gasteiger partial charge is 0.463 e. The van der Waals surface area contributed by atoms with Crippen LogP contribution in [0.25, 0.3) is 5.57 Å². The first-order valence-corrected chi connectivity index (χ1v) is 8.77. The molecule has 2 fully saturated rings. The Bertz CT molecular complexity index is 706. The van der Waals surface area contributed by atoms with Crippen LogP contribution in [0, 0.1) is 23.7 Å². The summed E-state index contributed by atoms with van der Waals surface area (Å²) in [5.74, 6) is 0.661. The first kappa shape index (κ1) is 15.4. The van der Waals surface area contributed by atoms with Gasteiger partial charge in [0.15, 0.2) is 0 Å². The third-order valence-corrected chi connectivity index (χ3v) is 5.83. The molecule has 3 aliphatic rings. The van der Waals surface area contributed by atoms with Crippen molar-refractivity contribution in [2.24, 2.45) is 23.7 Å². The quantitative estimate of drug-likeness (QED) is 0.797. The number of esters is 2. The third-order valence-electron chi connectivity index (χ3n) is 5.83. The minimum absolute atomic E-state index is 0.0526. The Balaban J connectivity index is 1.74. The lowest BCUT2D eigenvalue weighted by atomic mass is 9.59. The Morgan fingerprint density at radius 2 is 1.75 bits per heavy atom. The summed E-state index contributed by atoms with van der Waals surface area (Å²) in [4.78, 5) is 24.1. The third kappa shape index (κ3) is 2.12. The molecule has 0 radical (unpaired) electrons. The van der Waals surface area contributed by atoms with E-state index in [1.807, 2.05) is 25.1 Å². The summed E-state index contributed by atoms with van der Waals surface area (Å²) in [6, 6.07) is 10.1. The van der Waals surface area contributed by atoms with E-state index in [0.717, 1.165) is 29.6 Å². The molecular formula is C20H22O4. The van der Waals surface area contributed by atoms with Crippen molar-refractivity contribution in [2.45, 2.75) is 32.8 Å². The highest BCUT2D eigenvalue weighted by molar-refractivity contribution is 6.03. The van der Waals surface area contributed by atoms with Gasteiger partial charge in [-0.25, -0.2) is 4.79 Å². The summed E-state index contributed by atoms with van der Waals surface area (Å²) in [6.45, 7) is 3.68. The van der Waals surface area contributed by atoms with Crippen LogP contribution in [-0.2, 0) is 19.1 Å². The second kappa shape index (κ2) is 5.76. The highest BCUT2D eigenvalue weighted by Gasteiger charge is 2.64. The van der Waals surface area contributed by atoms with Gasteiger partial charge in [-0.3, -0.25) is 4.79 Å². The van der Waals surface area contributed by atoms with Crippen LogP contribution >= 0.6 is 0 Å². The molecule has 0 spiro atoms. The van der Waals surface area contributed by atoms with Gasteiger partial charge in [-0.15, -0.1) is 0 Å². The van der Waals surface area contributed by atoms with Crippen molar-refractivity contribution in [3.05, 3.63) is 41.5 Å². The molecular weight excluding hydrogens is 304 g/mol. The van der Waals surface area contributed by atoms with Crippen molar-refractivity contribution in [2.75, 3.05) is 6.61 Å². The Hall–Kier alpha value is -2.10. The lowest BCUT2D eigenvalue weighted by Gasteiger charge is -2.43. The van der Waals surface area contributed by atoms with E-state index in [9.17, 15) is 9.59 Å². The summed E-state index contributed by atoms with van der Waals surface area (Å²) in [7, 11) is 0. The van der Waals surface area contributed by atoms with Gasteiger partial charge >= 0.3 is 11.9 Å². The Morgan fingerprint density at radius 1 is 1.08 bits per heavy atom. The van der Waals surface area contributed by atoms with E-state index < -0.39 is 0 Å². The number of allylic oxidation sites excluding steroid dienone is 1. The van der Waals surface area contributed by atoms with Crippen molar-refractivity contribution < 1.29 is 19.1 Å². The predicted octanol–water partition coefficient (Wildman–Crippen LogP) is 3.22. The van der Waals surface area contributed by atoms with Crippen molar-refractivity contribution in [1.29, 1.82) is 0 Å². The minimum Gasteiger partial charge on any atom is -0.463 e. The first-order valence-electron chi connectivity index (χ1n) is 8.77. The van der Waals surface area contributed by atoms with Crippen molar-refractivity contribution in [3.63, 3.8) is 0 Å². The molecule has 4 rings (SSSR count). The number of benzene rings is 1. The molecule has 1 aromatic rings. The molecule has 1 aromatic carbocycles. The lowest BCUT2D eigenvalue weighted by Crippen LogP contribution is -2.39. The predicted molar refractivity (Wildman–Crippen MR) is 88.7 cm³/mol. The van der Waals surface area contributed by atoms with Gasteiger partial charge in [-0.1, -0.05) is 30.3 Å². The Morgan fingerprint density at radius 3 is 2.38 bits per heavy atom. The molecule has 0 N–H and O–H groups in total. The number of carbonyl (C=O) groups excluding carboxylic acids is 2. The molecule has 126 valence electrons. The van der Waals surface area contributed by atoms with Gasteiger partial charge in [0.25, 0.3) is 0 Å². The highest BCUT2D eigenvalue weighted by atomic mass is 16.5. The van der Waals surface area contributed by atoms with Gasteiger partial charge in [-0.05, 0) is 36.8 Å². The molecule has 0 aliphatic heterocycles. The Labute approximate surface area is 141 Å². The van der Waals surface area contributed by atoms with Crippen LogP contribution in [0.3, 0.4) is 0 Å². The van der Waals surface area contributed by atoms with Gasteiger partial charge in [-0.2, -0.15) is 0 Å². The van der Waals surface area contributed by atoms with E-state index in [1.165, 1.54) is 6.92 Å². The summed E-state index contributed by atoms with van der Waals surface area (Å²) in [6.07, 6.45) is 2.04. The summed E-state index contributed by atoms with van der Waals surface area (Å²) in [5, 5.41) is 0. The topological polar surface area (TPSA) is 52.6 Å². The second-order valence-electron chi connectivity index (χ2n) is 6.94. The number of ether oxygens (including phenoxy) is 2. The van der Waals surface area contributed by atoms with E-state index >= 15 is 0 Å². The molecule has 24 heavy (non-hydrogen) atoms. The van der Waals surface area contributed by atoms with Crippen molar-refractivity contribution >= 4 is 17.5 Å².